The second-order valence-electron chi connectivity index (χ2n) is 5.11. The number of hydrogen-bond acceptors (Lipinski definition) is 4. The van der Waals surface area contributed by atoms with Gasteiger partial charge in [0.1, 0.15) is 11.5 Å². The van der Waals surface area contributed by atoms with Crippen LogP contribution in [0.25, 0.3) is 11.0 Å². The van der Waals surface area contributed by atoms with Crippen molar-refractivity contribution in [2.75, 3.05) is 6.61 Å². The third-order valence-electron chi connectivity index (χ3n) is 3.67. The van der Waals surface area contributed by atoms with Gasteiger partial charge in [0.2, 0.25) is 0 Å². The second-order valence-corrected chi connectivity index (χ2v) is 5.11. The van der Waals surface area contributed by atoms with Crippen LogP contribution in [-0.2, 0) is 9.53 Å². The van der Waals surface area contributed by atoms with Crippen molar-refractivity contribution in [3.05, 3.63) is 82.2 Å². The number of fused-ring (bicyclic) bond motifs is 1. The Morgan fingerprint density at radius 3 is 2.52 bits per heavy atom. The zero-order chi connectivity index (χ0) is 16.2. The van der Waals surface area contributed by atoms with E-state index in [0.717, 1.165) is 0 Å². The smallest absolute Gasteiger partial charge is 0.318 e. The molecule has 0 fully saturated rings. The lowest BCUT2D eigenvalue weighted by atomic mass is 9.92. The van der Waals surface area contributed by atoms with Crippen molar-refractivity contribution in [1.29, 1.82) is 0 Å². The first-order chi connectivity index (χ1) is 11.2. The van der Waals surface area contributed by atoms with Crippen LogP contribution in [0.5, 0.6) is 0 Å². The summed E-state index contributed by atoms with van der Waals surface area (Å²) in [6.45, 7) is 1.99. The van der Waals surface area contributed by atoms with Gasteiger partial charge in [0.25, 0.3) is 0 Å². The molecule has 4 heteroatoms. The molecule has 1 atom stereocenters. The molecule has 0 aliphatic heterocycles. The molecule has 0 radical (unpaired) electrons. The molecule has 0 saturated heterocycles. The standard InChI is InChI=1S/C19H16O4/c1-2-22-19(21)17(13-8-4-3-5-9-13)15-12-23-16-11-7-6-10-14(16)18(15)20/h3-12,17H,2H2,1H3. The summed E-state index contributed by atoms with van der Waals surface area (Å²) < 4.78 is 10.7. The molecule has 0 spiro atoms. The minimum absolute atomic E-state index is 0.214. The van der Waals surface area contributed by atoms with Crippen LogP contribution in [0.3, 0.4) is 0 Å². The van der Waals surface area contributed by atoms with Gasteiger partial charge in [-0.05, 0) is 24.6 Å². The maximum atomic E-state index is 12.8. The Labute approximate surface area is 133 Å². The maximum Gasteiger partial charge on any atom is 0.318 e. The van der Waals surface area contributed by atoms with E-state index in [1.165, 1.54) is 6.26 Å². The minimum atomic E-state index is -0.794. The summed E-state index contributed by atoms with van der Waals surface area (Å²) in [5.74, 6) is -1.25. The molecule has 23 heavy (non-hydrogen) atoms. The third kappa shape index (κ3) is 2.88. The lowest BCUT2D eigenvalue weighted by Crippen LogP contribution is -2.23. The summed E-state index contributed by atoms with van der Waals surface area (Å²) in [6.07, 6.45) is 1.36. The van der Waals surface area contributed by atoms with Gasteiger partial charge in [-0.3, -0.25) is 9.59 Å². The first kappa shape index (κ1) is 15.0. The van der Waals surface area contributed by atoms with Crippen LogP contribution in [-0.4, -0.2) is 12.6 Å². The summed E-state index contributed by atoms with van der Waals surface area (Å²) in [4.78, 5) is 25.2. The Balaban J connectivity index is 2.19. The van der Waals surface area contributed by atoms with Gasteiger partial charge in [0, 0.05) is 0 Å². The van der Waals surface area contributed by atoms with Gasteiger partial charge >= 0.3 is 5.97 Å². The summed E-state index contributed by atoms with van der Waals surface area (Å²) in [7, 11) is 0. The van der Waals surface area contributed by atoms with Gasteiger partial charge in [0.15, 0.2) is 5.43 Å². The Bertz CT molecular complexity index is 881. The van der Waals surface area contributed by atoms with Gasteiger partial charge in [-0.2, -0.15) is 0 Å². The number of ether oxygens (including phenoxy) is 1. The third-order valence-corrected chi connectivity index (χ3v) is 3.67. The number of esters is 1. The lowest BCUT2D eigenvalue weighted by molar-refractivity contribution is -0.143. The first-order valence-corrected chi connectivity index (χ1v) is 7.44. The molecule has 0 N–H and O–H groups in total. The van der Waals surface area contributed by atoms with Gasteiger partial charge in [-0.25, -0.2) is 0 Å². The molecular weight excluding hydrogens is 292 g/mol. The monoisotopic (exact) mass is 308 g/mol. The SMILES string of the molecule is CCOC(=O)C(c1ccccc1)c1coc2ccccc2c1=O. The van der Waals surface area contributed by atoms with Crippen molar-refractivity contribution in [3.63, 3.8) is 0 Å². The Morgan fingerprint density at radius 2 is 1.78 bits per heavy atom. The molecule has 116 valence electrons. The zero-order valence-electron chi connectivity index (χ0n) is 12.7. The molecule has 1 heterocycles. The van der Waals surface area contributed by atoms with Crippen molar-refractivity contribution >= 4 is 16.9 Å². The molecule has 4 nitrogen and oxygen atoms in total. The van der Waals surface area contributed by atoms with Crippen LogP contribution in [0.2, 0.25) is 0 Å². The van der Waals surface area contributed by atoms with Crippen LogP contribution in [0.1, 0.15) is 24.0 Å². The van der Waals surface area contributed by atoms with E-state index in [-0.39, 0.29) is 17.6 Å². The molecule has 0 saturated carbocycles. The highest BCUT2D eigenvalue weighted by Gasteiger charge is 2.27. The highest BCUT2D eigenvalue weighted by molar-refractivity contribution is 5.84. The lowest BCUT2D eigenvalue weighted by Gasteiger charge is -2.15. The summed E-state index contributed by atoms with van der Waals surface area (Å²) in [6, 6.07) is 16.1. The Hall–Kier alpha value is -2.88. The summed E-state index contributed by atoms with van der Waals surface area (Å²) in [5, 5.41) is 0.454. The average Bonchev–Trinajstić information content (AvgIpc) is 2.59. The van der Waals surface area contributed by atoms with Crippen LogP contribution < -0.4 is 5.43 Å². The van der Waals surface area contributed by atoms with E-state index in [1.54, 1.807) is 43.3 Å². The highest BCUT2D eigenvalue weighted by atomic mass is 16.5. The number of carbonyl (C=O) groups is 1. The van der Waals surface area contributed by atoms with Crippen LogP contribution in [0.4, 0.5) is 0 Å². The maximum absolute atomic E-state index is 12.8. The number of benzene rings is 2. The van der Waals surface area contributed by atoms with Crippen molar-refractivity contribution in [2.45, 2.75) is 12.8 Å². The van der Waals surface area contributed by atoms with Crippen molar-refractivity contribution in [3.8, 4) is 0 Å². The number of carbonyl (C=O) groups excluding carboxylic acids is 1. The van der Waals surface area contributed by atoms with Crippen molar-refractivity contribution in [2.24, 2.45) is 0 Å². The Morgan fingerprint density at radius 1 is 1.09 bits per heavy atom. The fourth-order valence-electron chi connectivity index (χ4n) is 2.61. The summed E-state index contributed by atoms with van der Waals surface area (Å²) in [5.41, 5.74) is 1.27. The van der Waals surface area contributed by atoms with Crippen molar-refractivity contribution in [1.82, 2.24) is 0 Å². The largest absolute Gasteiger partial charge is 0.465 e. The fourth-order valence-corrected chi connectivity index (χ4v) is 2.61. The fraction of sp³-hybridized carbons (Fsp3) is 0.158. The van der Waals surface area contributed by atoms with Gasteiger partial charge < -0.3 is 9.15 Å². The molecule has 1 unspecified atom stereocenters. The molecule has 0 aliphatic rings. The van der Waals surface area contributed by atoms with Crippen LogP contribution in [0.15, 0.2) is 70.1 Å². The number of para-hydroxylation sites is 1. The first-order valence-electron chi connectivity index (χ1n) is 7.44. The van der Waals surface area contributed by atoms with E-state index in [1.807, 2.05) is 18.2 Å². The molecule has 3 aromatic rings. The molecule has 1 aromatic heterocycles. The number of hydrogen-bond donors (Lipinski definition) is 0. The van der Waals surface area contributed by atoms with Gasteiger partial charge in [-0.1, -0.05) is 42.5 Å². The van der Waals surface area contributed by atoms with Crippen LogP contribution >= 0.6 is 0 Å². The molecule has 0 aliphatic carbocycles. The van der Waals surface area contributed by atoms with Gasteiger partial charge in [0.05, 0.1) is 23.8 Å². The average molecular weight is 308 g/mol. The highest BCUT2D eigenvalue weighted by Crippen LogP contribution is 2.25. The zero-order valence-corrected chi connectivity index (χ0v) is 12.7. The predicted octanol–water partition coefficient (Wildman–Crippen LogP) is 3.49. The minimum Gasteiger partial charge on any atom is -0.465 e. The van der Waals surface area contributed by atoms with Crippen molar-refractivity contribution < 1.29 is 13.9 Å². The van der Waals surface area contributed by atoms with E-state index < -0.39 is 11.9 Å². The normalized spacial score (nSPS) is 12.0. The molecule has 2 aromatic carbocycles. The second kappa shape index (κ2) is 6.48. The van der Waals surface area contributed by atoms with E-state index in [0.29, 0.717) is 16.5 Å². The van der Waals surface area contributed by atoms with Gasteiger partial charge in [-0.15, -0.1) is 0 Å². The predicted molar refractivity (Wildman–Crippen MR) is 87.4 cm³/mol. The van der Waals surface area contributed by atoms with E-state index in [2.05, 4.69) is 0 Å². The topological polar surface area (TPSA) is 56.5 Å². The Kier molecular flexibility index (Phi) is 4.24. The van der Waals surface area contributed by atoms with E-state index in [9.17, 15) is 9.59 Å². The molecule has 0 bridgehead atoms. The quantitative estimate of drug-likeness (QED) is 0.692. The molecule has 3 rings (SSSR count). The van der Waals surface area contributed by atoms with Crippen LogP contribution in [0, 0.1) is 0 Å². The number of rotatable bonds is 4. The molecule has 0 amide bonds. The molecular formula is C19H16O4. The van der Waals surface area contributed by atoms with E-state index in [4.69, 9.17) is 9.15 Å². The summed E-state index contributed by atoms with van der Waals surface area (Å²) >= 11 is 0. The van der Waals surface area contributed by atoms with E-state index >= 15 is 0 Å².